The Morgan fingerprint density at radius 3 is 2.33 bits per heavy atom. The van der Waals surface area contributed by atoms with E-state index in [1.807, 2.05) is 6.07 Å². The molecule has 0 bridgehead atoms. The topological polar surface area (TPSA) is 69.6 Å². The monoisotopic (exact) mass is 285 g/mol. The van der Waals surface area contributed by atoms with E-state index in [9.17, 15) is 15.0 Å². The summed E-state index contributed by atoms with van der Waals surface area (Å²) >= 11 is 0. The molecule has 0 aliphatic heterocycles. The van der Waals surface area contributed by atoms with Crippen LogP contribution in [-0.2, 0) is 0 Å². The van der Waals surface area contributed by atoms with Crippen molar-refractivity contribution in [1.29, 1.82) is 0 Å². The maximum Gasteiger partial charge on any atom is 0.193 e. The lowest BCUT2D eigenvalue weighted by Crippen LogP contribution is -2.30. The molecule has 2 rings (SSSR count). The lowest BCUT2D eigenvalue weighted by Gasteiger charge is -2.20. The quantitative estimate of drug-likeness (QED) is 0.704. The summed E-state index contributed by atoms with van der Waals surface area (Å²) in [4.78, 5) is 12.5. The zero-order valence-electron chi connectivity index (χ0n) is 11.9. The second-order valence-electron chi connectivity index (χ2n) is 4.85. The summed E-state index contributed by atoms with van der Waals surface area (Å²) in [5, 5.41) is 23.0. The number of likely N-dealkylation sites (N-methyl/N-ethyl adjacent to an activating group) is 1. The summed E-state index contributed by atoms with van der Waals surface area (Å²) in [6.07, 6.45) is -2.08. The van der Waals surface area contributed by atoms with Gasteiger partial charge in [-0.25, -0.2) is 0 Å². The Labute approximate surface area is 124 Å². The molecule has 2 atom stereocenters. The van der Waals surface area contributed by atoms with Crippen molar-refractivity contribution in [3.05, 3.63) is 71.3 Å². The van der Waals surface area contributed by atoms with Gasteiger partial charge in [-0.15, -0.1) is 0 Å². The summed E-state index contributed by atoms with van der Waals surface area (Å²) in [5.41, 5.74) is 1.40. The Kier molecular flexibility index (Phi) is 5.22. The highest BCUT2D eigenvalue weighted by Crippen LogP contribution is 2.23. The van der Waals surface area contributed by atoms with Gasteiger partial charge in [-0.2, -0.15) is 0 Å². The van der Waals surface area contributed by atoms with E-state index >= 15 is 0 Å². The van der Waals surface area contributed by atoms with Crippen LogP contribution in [0.2, 0.25) is 0 Å². The predicted molar refractivity (Wildman–Crippen MR) is 81.2 cm³/mol. The average molecular weight is 285 g/mol. The minimum absolute atomic E-state index is 0.165. The normalized spacial score (nSPS) is 13.7. The Morgan fingerprint density at radius 1 is 1.05 bits per heavy atom. The van der Waals surface area contributed by atoms with Crippen molar-refractivity contribution in [2.24, 2.45) is 0 Å². The maximum atomic E-state index is 12.5. The van der Waals surface area contributed by atoms with Crippen molar-refractivity contribution >= 4 is 5.78 Å². The van der Waals surface area contributed by atoms with Gasteiger partial charge >= 0.3 is 0 Å². The summed E-state index contributed by atoms with van der Waals surface area (Å²) < 4.78 is 0. The fourth-order valence-corrected chi connectivity index (χ4v) is 2.23. The van der Waals surface area contributed by atoms with Gasteiger partial charge in [0.05, 0.1) is 6.10 Å². The highest BCUT2D eigenvalue weighted by Gasteiger charge is 2.23. The zero-order valence-corrected chi connectivity index (χ0v) is 11.9. The van der Waals surface area contributed by atoms with Gasteiger partial charge in [-0.1, -0.05) is 54.6 Å². The van der Waals surface area contributed by atoms with Gasteiger partial charge in [0.1, 0.15) is 6.10 Å². The molecule has 0 amide bonds. The van der Waals surface area contributed by atoms with Crippen LogP contribution in [0.5, 0.6) is 0 Å². The highest BCUT2D eigenvalue weighted by atomic mass is 16.3. The fourth-order valence-electron chi connectivity index (χ4n) is 2.23. The van der Waals surface area contributed by atoms with E-state index in [1.165, 1.54) is 0 Å². The van der Waals surface area contributed by atoms with Crippen molar-refractivity contribution in [3.63, 3.8) is 0 Å². The number of aliphatic hydroxyl groups is 2. The Bertz CT molecular complexity index is 598. The highest BCUT2D eigenvalue weighted by molar-refractivity contribution is 6.09. The van der Waals surface area contributed by atoms with E-state index < -0.39 is 12.2 Å². The molecule has 4 heteroatoms. The van der Waals surface area contributed by atoms with Crippen LogP contribution < -0.4 is 5.32 Å². The van der Waals surface area contributed by atoms with Crippen LogP contribution in [0.3, 0.4) is 0 Å². The summed E-state index contributed by atoms with van der Waals surface area (Å²) in [6.45, 7) is 0.245. The molecule has 0 spiro atoms. The minimum Gasteiger partial charge on any atom is -0.389 e. The first-order chi connectivity index (χ1) is 10.1. The van der Waals surface area contributed by atoms with Crippen molar-refractivity contribution < 1.29 is 15.0 Å². The first-order valence-electron chi connectivity index (χ1n) is 6.84. The SMILES string of the molecule is CNCC(O)C(O)c1ccccc1C(=O)c1ccccc1. The number of nitrogens with one attached hydrogen (secondary N) is 1. The van der Waals surface area contributed by atoms with Crippen LogP contribution in [0.4, 0.5) is 0 Å². The van der Waals surface area contributed by atoms with E-state index in [1.54, 1.807) is 55.6 Å². The van der Waals surface area contributed by atoms with E-state index in [2.05, 4.69) is 5.32 Å². The predicted octanol–water partition coefficient (Wildman–Crippen LogP) is 1.53. The number of rotatable bonds is 6. The van der Waals surface area contributed by atoms with Crippen molar-refractivity contribution in [2.75, 3.05) is 13.6 Å². The van der Waals surface area contributed by atoms with Crippen LogP contribution in [0.15, 0.2) is 54.6 Å². The summed E-state index contributed by atoms with van der Waals surface area (Å²) in [6, 6.07) is 15.7. The van der Waals surface area contributed by atoms with Crippen molar-refractivity contribution in [2.45, 2.75) is 12.2 Å². The zero-order chi connectivity index (χ0) is 15.2. The van der Waals surface area contributed by atoms with E-state index in [0.29, 0.717) is 16.7 Å². The molecule has 0 saturated heterocycles. The van der Waals surface area contributed by atoms with Gasteiger partial charge in [0.25, 0.3) is 0 Å². The van der Waals surface area contributed by atoms with Crippen LogP contribution >= 0.6 is 0 Å². The molecule has 0 heterocycles. The van der Waals surface area contributed by atoms with Gasteiger partial charge in [0.15, 0.2) is 5.78 Å². The molecule has 0 aliphatic carbocycles. The molecule has 0 aromatic heterocycles. The molecule has 4 nitrogen and oxygen atoms in total. The number of carbonyl (C=O) groups excluding carboxylic acids is 1. The standard InChI is InChI=1S/C17H19NO3/c1-18-11-15(19)17(21)14-10-6-5-9-13(14)16(20)12-7-3-2-4-8-12/h2-10,15,17-19,21H,11H2,1H3. The Hall–Kier alpha value is -2.01. The van der Waals surface area contributed by atoms with Gasteiger partial charge in [0, 0.05) is 17.7 Å². The van der Waals surface area contributed by atoms with Gasteiger partial charge < -0.3 is 15.5 Å². The molecular weight excluding hydrogens is 266 g/mol. The number of ketones is 1. The number of hydrogen-bond donors (Lipinski definition) is 3. The smallest absolute Gasteiger partial charge is 0.193 e. The second kappa shape index (κ2) is 7.13. The van der Waals surface area contributed by atoms with Crippen molar-refractivity contribution in [3.8, 4) is 0 Å². The van der Waals surface area contributed by atoms with Gasteiger partial charge in [0.2, 0.25) is 0 Å². The third kappa shape index (κ3) is 3.55. The van der Waals surface area contributed by atoms with Gasteiger partial charge in [-0.3, -0.25) is 4.79 Å². The minimum atomic E-state index is -1.11. The van der Waals surface area contributed by atoms with Crippen LogP contribution in [0, 0.1) is 0 Å². The molecule has 0 radical (unpaired) electrons. The van der Waals surface area contributed by atoms with E-state index in [0.717, 1.165) is 0 Å². The summed E-state index contributed by atoms with van der Waals surface area (Å²) in [7, 11) is 1.69. The van der Waals surface area contributed by atoms with E-state index in [4.69, 9.17) is 0 Å². The lowest BCUT2D eigenvalue weighted by molar-refractivity contribution is 0.0198. The molecule has 0 fully saturated rings. The van der Waals surface area contributed by atoms with E-state index in [-0.39, 0.29) is 12.3 Å². The molecule has 0 aliphatic rings. The number of hydrogen-bond acceptors (Lipinski definition) is 4. The van der Waals surface area contributed by atoms with Crippen LogP contribution in [0.25, 0.3) is 0 Å². The lowest BCUT2D eigenvalue weighted by atomic mass is 9.93. The largest absolute Gasteiger partial charge is 0.389 e. The molecule has 110 valence electrons. The maximum absolute atomic E-state index is 12.5. The molecule has 0 saturated carbocycles. The molecule has 2 aromatic carbocycles. The molecular formula is C17H19NO3. The Morgan fingerprint density at radius 2 is 1.67 bits per heavy atom. The third-order valence-electron chi connectivity index (χ3n) is 3.34. The molecule has 2 unspecified atom stereocenters. The van der Waals surface area contributed by atoms with Crippen LogP contribution in [-0.4, -0.2) is 35.7 Å². The summed E-state index contributed by atoms with van der Waals surface area (Å²) in [5.74, 6) is -0.165. The van der Waals surface area contributed by atoms with Gasteiger partial charge in [-0.05, 0) is 12.6 Å². The molecule has 3 N–H and O–H groups in total. The number of aliphatic hydroxyl groups excluding tert-OH is 2. The number of benzene rings is 2. The fraction of sp³-hybridized carbons (Fsp3) is 0.235. The second-order valence-corrected chi connectivity index (χ2v) is 4.85. The van der Waals surface area contributed by atoms with Crippen LogP contribution in [0.1, 0.15) is 27.6 Å². The first kappa shape index (κ1) is 15.4. The Balaban J connectivity index is 2.35. The number of carbonyl (C=O) groups is 1. The first-order valence-corrected chi connectivity index (χ1v) is 6.84. The molecule has 21 heavy (non-hydrogen) atoms. The van der Waals surface area contributed by atoms with Crippen molar-refractivity contribution in [1.82, 2.24) is 5.32 Å². The third-order valence-corrected chi connectivity index (χ3v) is 3.34. The average Bonchev–Trinajstić information content (AvgIpc) is 2.54. The molecule has 2 aromatic rings.